The highest BCUT2D eigenvalue weighted by Gasteiger charge is 2.13. The number of aromatic nitrogens is 2. The fourth-order valence-electron chi connectivity index (χ4n) is 2.33. The fraction of sp³-hybridized carbons (Fsp3) is 0.765. The molecule has 0 saturated carbocycles. The number of aryl methyl sites for hydroxylation is 2. The molecule has 1 aromatic rings. The first-order chi connectivity index (χ1) is 9.76. The zero-order valence-corrected chi connectivity index (χ0v) is 14.9. The number of rotatable bonds is 7. The Labute approximate surface area is 130 Å². The summed E-state index contributed by atoms with van der Waals surface area (Å²) in [6.45, 7) is 19.1. The molecule has 0 spiro atoms. The first-order valence-corrected chi connectivity index (χ1v) is 8.07. The van der Waals surface area contributed by atoms with E-state index in [1.165, 1.54) is 5.56 Å². The van der Waals surface area contributed by atoms with Crippen LogP contribution in [0.2, 0.25) is 0 Å². The van der Waals surface area contributed by atoms with Gasteiger partial charge < -0.3 is 10.2 Å². The van der Waals surface area contributed by atoms with Crippen LogP contribution in [0.15, 0.2) is 0 Å². The molecule has 1 rings (SSSR count). The van der Waals surface area contributed by atoms with E-state index in [1.807, 2.05) is 0 Å². The van der Waals surface area contributed by atoms with Gasteiger partial charge in [0.25, 0.3) is 0 Å². The van der Waals surface area contributed by atoms with E-state index in [1.54, 1.807) is 0 Å². The maximum atomic E-state index is 4.70. The van der Waals surface area contributed by atoms with E-state index < -0.39 is 0 Å². The first kappa shape index (κ1) is 18.1. The molecule has 0 unspecified atom stereocenters. The quantitative estimate of drug-likeness (QED) is 0.839. The monoisotopic (exact) mass is 292 g/mol. The summed E-state index contributed by atoms with van der Waals surface area (Å²) in [6.07, 6.45) is 0.927. The Morgan fingerprint density at radius 3 is 1.95 bits per heavy atom. The molecule has 0 fully saturated rings. The van der Waals surface area contributed by atoms with Crippen LogP contribution in [0, 0.1) is 13.8 Å². The third-order valence-corrected chi connectivity index (χ3v) is 3.81. The van der Waals surface area contributed by atoms with Crippen LogP contribution < -0.4 is 5.32 Å². The highest BCUT2D eigenvalue weighted by Crippen LogP contribution is 2.12. The molecule has 0 atom stereocenters. The van der Waals surface area contributed by atoms with Crippen molar-refractivity contribution in [3.05, 3.63) is 22.8 Å². The van der Waals surface area contributed by atoms with Gasteiger partial charge in [-0.1, -0.05) is 13.8 Å². The minimum atomic E-state index is 0.111. The molecule has 0 radical (unpaired) electrons. The van der Waals surface area contributed by atoms with Crippen molar-refractivity contribution in [3.8, 4) is 0 Å². The van der Waals surface area contributed by atoms with Crippen LogP contribution in [0.4, 0.5) is 0 Å². The van der Waals surface area contributed by atoms with Gasteiger partial charge in [0.2, 0.25) is 0 Å². The van der Waals surface area contributed by atoms with E-state index in [2.05, 4.69) is 58.7 Å². The van der Waals surface area contributed by atoms with Crippen LogP contribution in [0.25, 0.3) is 0 Å². The van der Waals surface area contributed by atoms with Gasteiger partial charge in [-0.05, 0) is 47.7 Å². The number of nitrogens with one attached hydrogen (secondary N) is 1. The van der Waals surface area contributed by atoms with Crippen molar-refractivity contribution in [3.63, 3.8) is 0 Å². The van der Waals surface area contributed by atoms with Gasteiger partial charge in [0.05, 0.1) is 0 Å². The van der Waals surface area contributed by atoms with Gasteiger partial charge in [-0.15, -0.1) is 0 Å². The summed E-state index contributed by atoms with van der Waals surface area (Å²) in [7, 11) is 0. The highest BCUT2D eigenvalue weighted by molar-refractivity contribution is 5.24. The molecule has 4 nitrogen and oxygen atoms in total. The summed E-state index contributed by atoms with van der Waals surface area (Å²) in [5, 5.41) is 3.52. The summed E-state index contributed by atoms with van der Waals surface area (Å²) in [6, 6.07) is 0. The Morgan fingerprint density at radius 1 is 1.00 bits per heavy atom. The molecular formula is C17H32N4. The van der Waals surface area contributed by atoms with E-state index in [0.717, 1.165) is 49.8 Å². The summed E-state index contributed by atoms with van der Waals surface area (Å²) in [4.78, 5) is 11.8. The van der Waals surface area contributed by atoms with E-state index in [9.17, 15) is 0 Å². The summed E-state index contributed by atoms with van der Waals surface area (Å²) < 4.78 is 0. The Hall–Kier alpha value is -1.00. The molecule has 21 heavy (non-hydrogen) atoms. The van der Waals surface area contributed by atoms with E-state index in [4.69, 9.17) is 9.97 Å². The minimum absolute atomic E-state index is 0.111. The van der Waals surface area contributed by atoms with Crippen molar-refractivity contribution in [1.82, 2.24) is 20.2 Å². The summed E-state index contributed by atoms with van der Waals surface area (Å²) in [5.74, 6) is 0.969. The zero-order chi connectivity index (χ0) is 16.0. The second-order valence-corrected chi connectivity index (χ2v) is 6.67. The molecule has 120 valence electrons. The van der Waals surface area contributed by atoms with Crippen molar-refractivity contribution in [1.29, 1.82) is 0 Å². The van der Waals surface area contributed by atoms with Gasteiger partial charge in [0, 0.05) is 42.0 Å². The molecule has 0 aromatic carbocycles. The van der Waals surface area contributed by atoms with Crippen molar-refractivity contribution in [2.75, 3.05) is 19.6 Å². The number of hydrogen-bond donors (Lipinski definition) is 1. The maximum absolute atomic E-state index is 4.70. The maximum Gasteiger partial charge on any atom is 0.130 e. The van der Waals surface area contributed by atoms with Gasteiger partial charge in [0.15, 0.2) is 0 Å². The highest BCUT2D eigenvalue weighted by atomic mass is 15.1. The van der Waals surface area contributed by atoms with Crippen LogP contribution in [0.5, 0.6) is 0 Å². The van der Waals surface area contributed by atoms with Gasteiger partial charge >= 0.3 is 0 Å². The standard InChI is InChI=1S/C17H32N4/c1-8-21(9-2)11-10-16-19-13(3)15(14(4)20-16)12-18-17(5,6)7/h18H,8-12H2,1-7H3. The van der Waals surface area contributed by atoms with Gasteiger partial charge in [-0.25, -0.2) is 9.97 Å². The number of hydrogen-bond acceptors (Lipinski definition) is 4. The lowest BCUT2D eigenvalue weighted by Gasteiger charge is -2.22. The molecule has 1 N–H and O–H groups in total. The van der Waals surface area contributed by atoms with Crippen molar-refractivity contribution in [2.45, 2.75) is 67.0 Å². The lowest BCUT2D eigenvalue weighted by atomic mass is 10.1. The Bertz CT molecular complexity index is 422. The van der Waals surface area contributed by atoms with Crippen LogP contribution >= 0.6 is 0 Å². The lowest BCUT2D eigenvalue weighted by molar-refractivity contribution is 0.305. The normalized spacial score (nSPS) is 12.2. The molecule has 1 heterocycles. The molecule has 4 heteroatoms. The van der Waals surface area contributed by atoms with Gasteiger partial charge in [-0.3, -0.25) is 0 Å². The molecule has 0 aliphatic rings. The Balaban J connectivity index is 2.75. The lowest BCUT2D eigenvalue weighted by Crippen LogP contribution is -2.35. The van der Waals surface area contributed by atoms with Crippen molar-refractivity contribution in [2.24, 2.45) is 0 Å². The SMILES string of the molecule is CCN(CC)CCc1nc(C)c(CNC(C)(C)C)c(C)n1. The van der Waals surface area contributed by atoms with Crippen molar-refractivity contribution < 1.29 is 0 Å². The molecule has 0 bridgehead atoms. The third-order valence-electron chi connectivity index (χ3n) is 3.81. The zero-order valence-electron chi connectivity index (χ0n) is 14.9. The molecule has 0 amide bonds. The van der Waals surface area contributed by atoms with Crippen LogP contribution in [0.3, 0.4) is 0 Å². The smallest absolute Gasteiger partial charge is 0.130 e. The second-order valence-electron chi connectivity index (χ2n) is 6.67. The molecular weight excluding hydrogens is 260 g/mol. The Morgan fingerprint density at radius 2 is 1.52 bits per heavy atom. The molecule has 0 saturated heterocycles. The molecule has 0 aliphatic carbocycles. The predicted octanol–water partition coefficient (Wildman–Crippen LogP) is 2.87. The molecule has 0 aliphatic heterocycles. The van der Waals surface area contributed by atoms with E-state index >= 15 is 0 Å². The van der Waals surface area contributed by atoms with Crippen molar-refractivity contribution >= 4 is 0 Å². The van der Waals surface area contributed by atoms with Crippen LogP contribution in [0.1, 0.15) is 57.4 Å². The number of nitrogens with zero attached hydrogens (tertiary/aromatic N) is 3. The van der Waals surface area contributed by atoms with Crippen LogP contribution in [-0.2, 0) is 13.0 Å². The average molecular weight is 292 g/mol. The summed E-state index contributed by atoms with van der Waals surface area (Å²) >= 11 is 0. The van der Waals surface area contributed by atoms with Crippen LogP contribution in [-0.4, -0.2) is 40.0 Å². The predicted molar refractivity (Wildman–Crippen MR) is 89.6 cm³/mol. The summed E-state index contributed by atoms with van der Waals surface area (Å²) in [5.41, 5.74) is 3.56. The van der Waals surface area contributed by atoms with E-state index in [0.29, 0.717) is 0 Å². The van der Waals surface area contributed by atoms with E-state index in [-0.39, 0.29) is 5.54 Å². The first-order valence-electron chi connectivity index (χ1n) is 8.07. The second kappa shape index (κ2) is 7.85. The Kier molecular flexibility index (Phi) is 6.75. The molecule has 1 aromatic heterocycles. The van der Waals surface area contributed by atoms with Gasteiger partial charge in [0.1, 0.15) is 5.82 Å². The fourth-order valence-corrected chi connectivity index (χ4v) is 2.33. The largest absolute Gasteiger partial charge is 0.308 e. The average Bonchev–Trinajstić information content (AvgIpc) is 2.37. The third kappa shape index (κ3) is 6.10. The minimum Gasteiger partial charge on any atom is -0.308 e. The topological polar surface area (TPSA) is 41.1 Å². The number of likely N-dealkylation sites (N-methyl/N-ethyl adjacent to an activating group) is 1. The van der Waals surface area contributed by atoms with Gasteiger partial charge in [-0.2, -0.15) is 0 Å².